The predicted molar refractivity (Wildman–Crippen MR) is 126 cm³/mol. The number of benzene rings is 2. The molecule has 0 atom stereocenters. The van der Waals surface area contributed by atoms with Crippen molar-refractivity contribution in [3.05, 3.63) is 90.0 Å². The molecule has 0 aliphatic heterocycles. The van der Waals surface area contributed by atoms with Crippen LogP contribution in [0.5, 0.6) is 0 Å². The summed E-state index contributed by atoms with van der Waals surface area (Å²) in [6, 6.07) is 20.9. The molecule has 0 saturated carbocycles. The van der Waals surface area contributed by atoms with E-state index in [1.54, 1.807) is 7.05 Å². The van der Waals surface area contributed by atoms with Gasteiger partial charge in [-0.15, -0.1) is 24.0 Å². The molecule has 0 fully saturated rings. The molecule has 0 saturated heterocycles. The van der Waals surface area contributed by atoms with E-state index in [9.17, 15) is 0 Å². The number of halogens is 1. The van der Waals surface area contributed by atoms with Crippen LogP contribution in [-0.4, -0.2) is 35.6 Å². The van der Waals surface area contributed by atoms with Crippen LogP contribution in [-0.2, 0) is 19.4 Å². The fourth-order valence-electron chi connectivity index (χ4n) is 2.98. The fourth-order valence-corrected chi connectivity index (χ4v) is 2.98. The van der Waals surface area contributed by atoms with Crippen LogP contribution in [0.25, 0.3) is 0 Å². The van der Waals surface area contributed by atoms with E-state index in [-0.39, 0.29) is 24.0 Å². The van der Waals surface area contributed by atoms with E-state index in [0.717, 1.165) is 44.3 Å². The Morgan fingerprint density at radius 1 is 0.893 bits per heavy atom. The van der Waals surface area contributed by atoms with Gasteiger partial charge in [0.2, 0.25) is 0 Å². The Bertz CT molecular complexity index is 830. The highest BCUT2D eigenvalue weighted by Gasteiger charge is 2.04. The Balaban J connectivity index is 0.00000280. The van der Waals surface area contributed by atoms with Crippen LogP contribution in [0, 0.1) is 0 Å². The molecule has 2 aromatic carbocycles. The number of rotatable bonds is 8. The van der Waals surface area contributed by atoms with Crippen LogP contribution in [0.1, 0.15) is 17.0 Å². The van der Waals surface area contributed by atoms with E-state index in [2.05, 4.69) is 73.7 Å². The van der Waals surface area contributed by atoms with Gasteiger partial charge in [0.15, 0.2) is 5.96 Å². The Kier molecular flexibility index (Phi) is 9.54. The second-order valence-electron chi connectivity index (χ2n) is 6.37. The summed E-state index contributed by atoms with van der Waals surface area (Å²) in [4.78, 5) is 8.80. The molecular formula is C22H28IN5. The van der Waals surface area contributed by atoms with Crippen molar-refractivity contribution in [2.45, 2.75) is 19.4 Å². The van der Waals surface area contributed by atoms with E-state index in [1.807, 2.05) is 24.5 Å². The molecule has 1 aromatic heterocycles. The first-order valence-electron chi connectivity index (χ1n) is 9.37. The average molecular weight is 489 g/mol. The van der Waals surface area contributed by atoms with Crippen molar-refractivity contribution in [2.24, 2.45) is 4.99 Å². The Morgan fingerprint density at radius 2 is 1.50 bits per heavy atom. The lowest BCUT2D eigenvalue weighted by Gasteiger charge is -2.12. The highest BCUT2D eigenvalue weighted by molar-refractivity contribution is 14.0. The minimum atomic E-state index is 0. The lowest BCUT2D eigenvalue weighted by Crippen LogP contribution is -2.39. The Labute approximate surface area is 184 Å². The number of nitrogens with zero attached hydrogens (tertiary/aromatic N) is 3. The minimum absolute atomic E-state index is 0. The molecule has 5 nitrogen and oxygen atoms in total. The summed E-state index contributed by atoms with van der Waals surface area (Å²) in [5.74, 6) is 1.90. The van der Waals surface area contributed by atoms with Gasteiger partial charge < -0.3 is 15.2 Å². The molecule has 0 aliphatic rings. The van der Waals surface area contributed by atoms with Gasteiger partial charge in [-0.25, -0.2) is 4.98 Å². The smallest absolute Gasteiger partial charge is 0.191 e. The third-order valence-corrected chi connectivity index (χ3v) is 4.41. The number of hydrogen-bond acceptors (Lipinski definition) is 2. The van der Waals surface area contributed by atoms with Crippen molar-refractivity contribution < 1.29 is 0 Å². The number of aromatic nitrogens is 2. The quantitative estimate of drug-likeness (QED) is 0.290. The first-order valence-corrected chi connectivity index (χ1v) is 9.37. The summed E-state index contributed by atoms with van der Waals surface area (Å²) in [6.07, 6.45) is 5.72. The molecule has 1 heterocycles. The molecule has 3 rings (SSSR count). The zero-order valence-corrected chi connectivity index (χ0v) is 18.5. The number of guanidine groups is 1. The fraction of sp³-hybridized carbons (Fsp3) is 0.273. The van der Waals surface area contributed by atoms with E-state index in [1.165, 1.54) is 11.1 Å². The second-order valence-corrected chi connectivity index (χ2v) is 6.37. The van der Waals surface area contributed by atoms with Gasteiger partial charge in [-0.1, -0.05) is 60.7 Å². The Morgan fingerprint density at radius 3 is 2.14 bits per heavy atom. The molecule has 0 spiro atoms. The first-order chi connectivity index (χ1) is 13.3. The van der Waals surface area contributed by atoms with Crippen LogP contribution in [0.4, 0.5) is 0 Å². The Hall–Kier alpha value is -2.35. The second kappa shape index (κ2) is 12.2. The van der Waals surface area contributed by atoms with Crippen molar-refractivity contribution in [1.82, 2.24) is 20.2 Å². The van der Waals surface area contributed by atoms with Gasteiger partial charge in [-0.05, 0) is 17.5 Å². The average Bonchev–Trinajstić information content (AvgIpc) is 3.15. The molecule has 0 unspecified atom stereocenters. The molecule has 3 aromatic rings. The lowest BCUT2D eigenvalue weighted by molar-refractivity contribution is 0.693. The van der Waals surface area contributed by atoms with E-state index < -0.39 is 0 Å². The van der Waals surface area contributed by atoms with Gasteiger partial charge >= 0.3 is 0 Å². The summed E-state index contributed by atoms with van der Waals surface area (Å²) in [5, 5.41) is 6.73. The highest BCUT2D eigenvalue weighted by atomic mass is 127. The normalized spacial score (nSPS) is 11.0. The van der Waals surface area contributed by atoms with E-state index in [4.69, 9.17) is 0 Å². The summed E-state index contributed by atoms with van der Waals surface area (Å²) >= 11 is 0. The van der Waals surface area contributed by atoms with Crippen molar-refractivity contribution in [3.63, 3.8) is 0 Å². The summed E-state index contributed by atoms with van der Waals surface area (Å²) < 4.78 is 2.20. The minimum Gasteiger partial charge on any atom is -0.356 e. The van der Waals surface area contributed by atoms with Gasteiger partial charge in [-0.3, -0.25) is 4.99 Å². The van der Waals surface area contributed by atoms with Crippen molar-refractivity contribution in [3.8, 4) is 0 Å². The maximum absolute atomic E-state index is 4.50. The number of hydrogen-bond donors (Lipinski definition) is 2. The van der Waals surface area contributed by atoms with Crippen LogP contribution >= 0.6 is 24.0 Å². The van der Waals surface area contributed by atoms with Crippen LogP contribution in [0.2, 0.25) is 0 Å². The summed E-state index contributed by atoms with van der Waals surface area (Å²) in [7, 11) is 1.80. The zero-order chi connectivity index (χ0) is 18.7. The van der Waals surface area contributed by atoms with Gasteiger partial charge in [-0.2, -0.15) is 0 Å². The highest BCUT2D eigenvalue weighted by Crippen LogP contribution is 2.05. The maximum Gasteiger partial charge on any atom is 0.191 e. The predicted octanol–water partition coefficient (Wildman–Crippen LogP) is 3.50. The van der Waals surface area contributed by atoms with E-state index >= 15 is 0 Å². The van der Waals surface area contributed by atoms with Crippen LogP contribution in [0.3, 0.4) is 0 Å². The van der Waals surface area contributed by atoms with Gasteiger partial charge in [0.25, 0.3) is 0 Å². The largest absolute Gasteiger partial charge is 0.356 e. The zero-order valence-electron chi connectivity index (χ0n) is 16.2. The molecule has 148 valence electrons. The van der Waals surface area contributed by atoms with Crippen molar-refractivity contribution in [2.75, 3.05) is 20.1 Å². The van der Waals surface area contributed by atoms with Crippen molar-refractivity contribution in [1.29, 1.82) is 0 Å². The summed E-state index contributed by atoms with van der Waals surface area (Å²) in [6.45, 7) is 2.49. The molecule has 0 radical (unpaired) electrons. The molecular weight excluding hydrogens is 461 g/mol. The number of aliphatic imine (C=N–C) groups is 1. The molecule has 0 bridgehead atoms. The molecule has 28 heavy (non-hydrogen) atoms. The van der Waals surface area contributed by atoms with Gasteiger partial charge in [0.1, 0.15) is 5.82 Å². The molecule has 0 aliphatic carbocycles. The monoisotopic (exact) mass is 489 g/mol. The first kappa shape index (κ1) is 21.9. The maximum atomic E-state index is 4.50. The van der Waals surface area contributed by atoms with E-state index in [0.29, 0.717) is 0 Å². The van der Waals surface area contributed by atoms with Crippen LogP contribution < -0.4 is 10.6 Å². The SMILES string of the molecule is CN=C(NCCc1ccccc1)NCCc1nccn1Cc1ccccc1.I. The molecule has 2 N–H and O–H groups in total. The molecule has 0 amide bonds. The third-order valence-electron chi connectivity index (χ3n) is 4.41. The van der Waals surface area contributed by atoms with Gasteiger partial charge in [0.05, 0.1) is 0 Å². The molecule has 6 heteroatoms. The topological polar surface area (TPSA) is 54.2 Å². The number of nitrogens with one attached hydrogen (secondary N) is 2. The van der Waals surface area contributed by atoms with Crippen LogP contribution in [0.15, 0.2) is 78.0 Å². The lowest BCUT2D eigenvalue weighted by atomic mass is 10.1. The summed E-state index contributed by atoms with van der Waals surface area (Å²) in [5.41, 5.74) is 2.60. The standard InChI is InChI=1S/C22H27N5.HI/c1-23-22(25-14-12-19-8-4-2-5-9-19)26-15-13-21-24-16-17-27(21)18-20-10-6-3-7-11-20;/h2-11,16-17H,12-15,18H2,1H3,(H2,23,25,26);1H. The van der Waals surface area contributed by atoms with Gasteiger partial charge in [0, 0.05) is 45.5 Å². The van der Waals surface area contributed by atoms with Crippen molar-refractivity contribution >= 4 is 29.9 Å². The third kappa shape index (κ3) is 6.99. The number of imidazole rings is 1.